The lowest BCUT2D eigenvalue weighted by Crippen LogP contribution is -2.51. The molecule has 21 heavy (non-hydrogen) atoms. The number of aliphatic hydroxyl groups excluding tert-OH is 1. The molecular weight excluding hydrogens is 281 g/mol. The summed E-state index contributed by atoms with van der Waals surface area (Å²) >= 11 is 0. The summed E-state index contributed by atoms with van der Waals surface area (Å²) in [5, 5.41) is 9.07. The number of hydrogen-bond donors (Lipinski definition) is 1. The Balaban J connectivity index is 2.01. The monoisotopic (exact) mass is 302 g/mol. The lowest BCUT2D eigenvalue weighted by Gasteiger charge is -2.39. The fourth-order valence-electron chi connectivity index (χ4n) is 2.72. The van der Waals surface area contributed by atoms with Crippen molar-refractivity contribution in [1.29, 1.82) is 0 Å². The van der Waals surface area contributed by atoms with E-state index < -0.39 is 11.7 Å². The number of benzene rings is 1. The van der Waals surface area contributed by atoms with E-state index in [1.807, 2.05) is 7.05 Å². The lowest BCUT2D eigenvalue weighted by molar-refractivity contribution is -0.137. The van der Waals surface area contributed by atoms with E-state index in [0.29, 0.717) is 18.5 Å². The number of rotatable bonds is 4. The molecule has 1 aromatic rings. The molecule has 0 saturated carbocycles. The van der Waals surface area contributed by atoms with Crippen molar-refractivity contribution in [2.45, 2.75) is 25.2 Å². The number of hydrogen-bond acceptors (Lipinski definition) is 3. The van der Waals surface area contributed by atoms with Crippen LogP contribution in [-0.4, -0.2) is 54.2 Å². The van der Waals surface area contributed by atoms with Crippen molar-refractivity contribution >= 4 is 0 Å². The third-order valence-electron chi connectivity index (χ3n) is 3.98. The number of aliphatic hydroxyl groups is 1. The smallest absolute Gasteiger partial charge is 0.396 e. The van der Waals surface area contributed by atoms with Gasteiger partial charge in [0.25, 0.3) is 0 Å². The molecule has 1 saturated heterocycles. The number of alkyl halides is 3. The Morgan fingerprint density at radius 1 is 1.29 bits per heavy atom. The predicted molar refractivity (Wildman–Crippen MR) is 74.8 cm³/mol. The molecule has 0 aromatic heterocycles. The first-order chi connectivity index (χ1) is 9.90. The molecule has 2 rings (SSSR count). The molecule has 1 N–H and O–H groups in total. The molecular formula is C15H21F3N2O. The summed E-state index contributed by atoms with van der Waals surface area (Å²) in [6.07, 6.45) is -3.60. The molecule has 3 nitrogen and oxygen atoms in total. The maximum atomic E-state index is 12.7. The van der Waals surface area contributed by atoms with Gasteiger partial charge in [-0.3, -0.25) is 4.90 Å². The minimum Gasteiger partial charge on any atom is -0.396 e. The van der Waals surface area contributed by atoms with E-state index in [-0.39, 0.29) is 12.6 Å². The topological polar surface area (TPSA) is 26.7 Å². The molecule has 1 aromatic carbocycles. The zero-order valence-electron chi connectivity index (χ0n) is 12.1. The summed E-state index contributed by atoms with van der Waals surface area (Å²) in [6, 6.07) is 5.77. The fourth-order valence-corrected chi connectivity index (χ4v) is 2.72. The summed E-state index contributed by atoms with van der Waals surface area (Å²) in [5.41, 5.74) is 0.0816. The van der Waals surface area contributed by atoms with E-state index in [2.05, 4.69) is 9.80 Å². The van der Waals surface area contributed by atoms with Crippen LogP contribution in [0, 0.1) is 0 Å². The van der Waals surface area contributed by atoms with Crippen molar-refractivity contribution in [3.63, 3.8) is 0 Å². The number of halogens is 3. The Hall–Kier alpha value is -1.11. The van der Waals surface area contributed by atoms with Crippen LogP contribution in [0.4, 0.5) is 13.2 Å². The molecule has 0 aliphatic carbocycles. The van der Waals surface area contributed by atoms with Gasteiger partial charge in [-0.2, -0.15) is 13.2 Å². The zero-order valence-corrected chi connectivity index (χ0v) is 12.1. The number of likely N-dealkylation sites (N-methyl/N-ethyl adjacent to an activating group) is 1. The Morgan fingerprint density at radius 3 is 2.71 bits per heavy atom. The molecule has 0 radical (unpaired) electrons. The number of piperazine rings is 1. The highest BCUT2D eigenvalue weighted by Gasteiger charge is 2.30. The van der Waals surface area contributed by atoms with E-state index in [9.17, 15) is 13.2 Å². The third kappa shape index (κ3) is 4.43. The van der Waals surface area contributed by atoms with Gasteiger partial charge < -0.3 is 10.0 Å². The number of nitrogens with zero attached hydrogens (tertiary/aromatic N) is 2. The van der Waals surface area contributed by atoms with Crippen LogP contribution in [0.3, 0.4) is 0 Å². The van der Waals surface area contributed by atoms with E-state index in [1.54, 1.807) is 6.07 Å². The normalized spacial score (nSPS) is 21.7. The minimum atomic E-state index is -4.29. The highest BCUT2D eigenvalue weighted by Crippen LogP contribution is 2.29. The van der Waals surface area contributed by atoms with E-state index in [1.165, 1.54) is 12.1 Å². The second-order valence-corrected chi connectivity index (χ2v) is 5.58. The quantitative estimate of drug-likeness (QED) is 0.924. The molecule has 6 heteroatoms. The minimum absolute atomic E-state index is 0.131. The molecule has 1 heterocycles. The van der Waals surface area contributed by atoms with Crippen LogP contribution < -0.4 is 0 Å². The summed E-state index contributed by atoms with van der Waals surface area (Å²) in [5.74, 6) is 0. The maximum Gasteiger partial charge on any atom is 0.416 e. The van der Waals surface area contributed by atoms with Crippen molar-refractivity contribution in [2.75, 3.05) is 33.3 Å². The summed E-state index contributed by atoms with van der Waals surface area (Å²) in [6.45, 7) is 3.11. The fraction of sp³-hybridized carbons (Fsp3) is 0.600. The standard InChI is InChI=1S/C15H21F3N2O/c1-19-6-7-20(11-14(19)5-8-21)10-12-3-2-4-13(9-12)15(16,17)18/h2-4,9,14,21H,5-8,10-11H2,1H3/t14-/m1/s1. The van der Waals surface area contributed by atoms with Crippen molar-refractivity contribution in [2.24, 2.45) is 0 Å². The largest absolute Gasteiger partial charge is 0.416 e. The van der Waals surface area contributed by atoms with Crippen LogP contribution in [0.15, 0.2) is 24.3 Å². The molecule has 0 amide bonds. The predicted octanol–water partition coefficient (Wildman–Crippen LogP) is 2.20. The summed E-state index contributed by atoms with van der Waals surface area (Å²) < 4.78 is 38.1. The maximum absolute atomic E-state index is 12.7. The van der Waals surface area contributed by atoms with Crippen LogP contribution in [-0.2, 0) is 12.7 Å². The molecule has 1 fully saturated rings. The second-order valence-electron chi connectivity index (χ2n) is 5.58. The first-order valence-corrected chi connectivity index (χ1v) is 7.09. The van der Waals surface area contributed by atoms with Crippen molar-refractivity contribution < 1.29 is 18.3 Å². The Labute approximate surface area is 123 Å². The molecule has 118 valence electrons. The van der Waals surface area contributed by atoms with Crippen LogP contribution in [0.1, 0.15) is 17.5 Å². The van der Waals surface area contributed by atoms with Crippen molar-refractivity contribution in [1.82, 2.24) is 9.80 Å². The average molecular weight is 302 g/mol. The lowest BCUT2D eigenvalue weighted by atomic mass is 10.1. The zero-order chi connectivity index (χ0) is 15.5. The third-order valence-corrected chi connectivity index (χ3v) is 3.98. The Bertz CT molecular complexity index is 464. The van der Waals surface area contributed by atoms with Gasteiger partial charge in [0.15, 0.2) is 0 Å². The molecule has 1 atom stereocenters. The first kappa shape index (κ1) is 16.3. The van der Waals surface area contributed by atoms with Crippen LogP contribution in [0.25, 0.3) is 0 Å². The van der Waals surface area contributed by atoms with Gasteiger partial charge in [0.1, 0.15) is 0 Å². The van der Waals surface area contributed by atoms with Gasteiger partial charge in [0, 0.05) is 38.8 Å². The summed E-state index contributed by atoms with van der Waals surface area (Å²) in [7, 11) is 2.02. The molecule has 0 bridgehead atoms. The summed E-state index contributed by atoms with van der Waals surface area (Å²) in [4.78, 5) is 4.34. The van der Waals surface area contributed by atoms with Gasteiger partial charge in [-0.05, 0) is 25.1 Å². The van der Waals surface area contributed by atoms with Crippen molar-refractivity contribution in [3.05, 3.63) is 35.4 Å². The average Bonchev–Trinajstić information content (AvgIpc) is 2.42. The van der Waals surface area contributed by atoms with Gasteiger partial charge in [-0.1, -0.05) is 18.2 Å². The first-order valence-electron chi connectivity index (χ1n) is 7.09. The van der Waals surface area contributed by atoms with Crippen LogP contribution >= 0.6 is 0 Å². The SMILES string of the molecule is CN1CCN(Cc2cccc(C(F)(F)F)c2)C[C@H]1CCO. The van der Waals surface area contributed by atoms with Gasteiger partial charge in [0.05, 0.1) is 5.56 Å². The molecule has 1 aliphatic heterocycles. The van der Waals surface area contributed by atoms with Gasteiger partial charge in [0.2, 0.25) is 0 Å². The molecule has 1 aliphatic rings. The Morgan fingerprint density at radius 2 is 2.05 bits per heavy atom. The van der Waals surface area contributed by atoms with Crippen LogP contribution in [0.5, 0.6) is 0 Å². The Kier molecular flexibility index (Phi) is 5.24. The highest BCUT2D eigenvalue weighted by molar-refractivity contribution is 5.25. The molecule has 0 unspecified atom stereocenters. The highest BCUT2D eigenvalue weighted by atomic mass is 19.4. The van der Waals surface area contributed by atoms with Gasteiger partial charge >= 0.3 is 6.18 Å². The second kappa shape index (κ2) is 6.77. The molecule has 0 spiro atoms. The van der Waals surface area contributed by atoms with Crippen LogP contribution in [0.2, 0.25) is 0 Å². The van der Waals surface area contributed by atoms with Crippen molar-refractivity contribution in [3.8, 4) is 0 Å². The van der Waals surface area contributed by atoms with Gasteiger partial charge in [-0.25, -0.2) is 0 Å². The van der Waals surface area contributed by atoms with E-state index >= 15 is 0 Å². The van der Waals surface area contributed by atoms with E-state index in [4.69, 9.17) is 5.11 Å². The van der Waals surface area contributed by atoms with Gasteiger partial charge in [-0.15, -0.1) is 0 Å². The van der Waals surface area contributed by atoms with E-state index in [0.717, 1.165) is 25.7 Å².